The minimum atomic E-state index is 0.341. The minimum absolute atomic E-state index is 0.341. The van der Waals surface area contributed by atoms with Crippen LogP contribution in [0.15, 0.2) is 28.7 Å². The zero-order chi connectivity index (χ0) is 14.0. The Labute approximate surface area is 123 Å². The normalized spacial score (nSPS) is 15.6. The number of fused-ring (bicyclic) bond motifs is 1. The zero-order valence-corrected chi connectivity index (χ0v) is 13.7. The second kappa shape index (κ2) is 5.66. The highest BCUT2D eigenvalue weighted by Gasteiger charge is 2.23. The molecule has 0 aliphatic carbocycles. The standard InChI is InChI=1S/C16H22BrNO/c1-11(16(2,3)4)9-12(17)10-15-18-13-7-5-6-8-14(13)19-15/h5-8,11-12H,9-10H2,1-4H3. The number of nitrogens with zero attached hydrogens (tertiary/aromatic N) is 1. The van der Waals surface area contributed by atoms with Gasteiger partial charge in [0.25, 0.3) is 0 Å². The molecule has 3 heteroatoms. The van der Waals surface area contributed by atoms with Crippen LogP contribution in [0.3, 0.4) is 0 Å². The van der Waals surface area contributed by atoms with Gasteiger partial charge >= 0.3 is 0 Å². The van der Waals surface area contributed by atoms with Crippen molar-refractivity contribution in [1.29, 1.82) is 0 Å². The molecule has 19 heavy (non-hydrogen) atoms. The number of oxazole rings is 1. The molecule has 1 aromatic heterocycles. The number of alkyl halides is 1. The molecule has 1 aromatic carbocycles. The number of hydrogen-bond acceptors (Lipinski definition) is 2. The average molecular weight is 324 g/mol. The first kappa shape index (κ1) is 14.6. The van der Waals surface area contributed by atoms with Crippen molar-refractivity contribution >= 4 is 27.0 Å². The average Bonchev–Trinajstić information content (AvgIpc) is 2.69. The van der Waals surface area contributed by atoms with Crippen molar-refractivity contribution in [1.82, 2.24) is 4.98 Å². The molecule has 1 heterocycles. The van der Waals surface area contributed by atoms with Gasteiger partial charge in [0.2, 0.25) is 0 Å². The summed E-state index contributed by atoms with van der Waals surface area (Å²) in [7, 11) is 0. The lowest BCUT2D eigenvalue weighted by Crippen LogP contribution is -2.21. The second-order valence-electron chi connectivity index (χ2n) is 6.38. The molecule has 2 nitrogen and oxygen atoms in total. The van der Waals surface area contributed by atoms with Crippen LogP contribution in [0.25, 0.3) is 11.1 Å². The van der Waals surface area contributed by atoms with Gasteiger partial charge in [-0.15, -0.1) is 0 Å². The van der Waals surface area contributed by atoms with E-state index < -0.39 is 0 Å². The zero-order valence-electron chi connectivity index (χ0n) is 12.1. The summed E-state index contributed by atoms with van der Waals surface area (Å²) >= 11 is 3.76. The smallest absolute Gasteiger partial charge is 0.196 e. The number of halogens is 1. The summed E-state index contributed by atoms with van der Waals surface area (Å²) in [6.45, 7) is 9.17. The first-order valence-corrected chi connectivity index (χ1v) is 7.76. The van der Waals surface area contributed by atoms with Gasteiger partial charge < -0.3 is 4.42 Å². The minimum Gasteiger partial charge on any atom is -0.441 e. The van der Waals surface area contributed by atoms with Crippen LogP contribution in [0.4, 0.5) is 0 Å². The van der Waals surface area contributed by atoms with Crippen molar-refractivity contribution < 1.29 is 4.42 Å². The molecular formula is C16H22BrNO. The van der Waals surface area contributed by atoms with Crippen LogP contribution in [-0.2, 0) is 6.42 Å². The summed E-state index contributed by atoms with van der Waals surface area (Å²) in [6, 6.07) is 7.92. The molecule has 2 aromatic rings. The van der Waals surface area contributed by atoms with E-state index in [2.05, 4.69) is 48.6 Å². The fourth-order valence-electron chi connectivity index (χ4n) is 2.02. The molecule has 0 aliphatic rings. The van der Waals surface area contributed by atoms with Gasteiger partial charge in [-0.3, -0.25) is 0 Å². The Balaban J connectivity index is 2.00. The maximum Gasteiger partial charge on any atom is 0.196 e. The molecule has 2 unspecified atom stereocenters. The number of para-hydroxylation sites is 2. The topological polar surface area (TPSA) is 26.0 Å². The Hall–Kier alpha value is -0.830. The first-order valence-electron chi connectivity index (χ1n) is 6.85. The molecule has 0 saturated carbocycles. The molecule has 0 N–H and O–H groups in total. The maximum atomic E-state index is 5.76. The third-order valence-electron chi connectivity index (χ3n) is 3.82. The van der Waals surface area contributed by atoms with E-state index in [4.69, 9.17) is 4.42 Å². The van der Waals surface area contributed by atoms with Crippen LogP contribution in [0.2, 0.25) is 0 Å². The van der Waals surface area contributed by atoms with Crippen LogP contribution in [0.1, 0.15) is 40.0 Å². The van der Waals surface area contributed by atoms with E-state index >= 15 is 0 Å². The maximum absolute atomic E-state index is 5.76. The number of aromatic nitrogens is 1. The van der Waals surface area contributed by atoms with Crippen molar-refractivity contribution in [3.8, 4) is 0 Å². The van der Waals surface area contributed by atoms with Crippen molar-refractivity contribution in [3.05, 3.63) is 30.2 Å². The molecule has 0 amide bonds. The van der Waals surface area contributed by atoms with E-state index in [-0.39, 0.29) is 0 Å². The van der Waals surface area contributed by atoms with Gasteiger partial charge in [-0.25, -0.2) is 4.98 Å². The highest BCUT2D eigenvalue weighted by molar-refractivity contribution is 9.09. The summed E-state index contributed by atoms with van der Waals surface area (Å²) in [5.74, 6) is 1.48. The van der Waals surface area contributed by atoms with Crippen molar-refractivity contribution in [2.75, 3.05) is 0 Å². The Morgan fingerprint density at radius 2 is 1.95 bits per heavy atom. The molecule has 0 saturated heterocycles. The summed E-state index contributed by atoms with van der Waals surface area (Å²) in [4.78, 5) is 4.94. The van der Waals surface area contributed by atoms with Crippen molar-refractivity contribution in [3.63, 3.8) is 0 Å². The Morgan fingerprint density at radius 1 is 1.26 bits per heavy atom. The largest absolute Gasteiger partial charge is 0.441 e. The van der Waals surface area contributed by atoms with E-state index in [1.165, 1.54) is 0 Å². The summed E-state index contributed by atoms with van der Waals surface area (Å²) in [5, 5.41) is 0. The Bertz CT molecular complexity index is 508. The fraction of sp³-hybridized carbons (Fsp3) is 0.562. The van der Waals surface area contributed by atoms with Gasteiger partial charge in [0.05, 0.1) is 0 Å². The van der Waals surface area contributed by atoms with Gasteiger partial charge in [-0.1, -0.05) is 55.8 Å². The lowest BCUT2D eigenvalue weighted by Gasteiger charge is -2.28. The molecule has 0 radical (unpaired) electrons. The summed E-state index contributed by atoms with van der Waals surface area (Å²) < 4.78 is 5.76. The first-order chi connectivity index (χ1) is 8.86. The van der Waals surface area contributed by atoms with Gasteiger partial charge in [0, 0.05) is 11.2 Å². The van der Waals surface area contributed by atoms with Crippen LogP contribution >= 0.6 is 15.9 Å². The molecule has 2 rings (SSSR count). The number of benzene rings is 1. The van der Waals surface area contributed by atoms with Gasteiger partial charge in [-0.05, 0) is 29.9 Å². The molecule has 0 bridgehead atoms. The quantitative estimate of drug-likeness (QED) is 0.722. The molecule has 2 atom stereocenters. The highest BCUT2D eigenvalue weighted by Crippen LogP contribution is 2.32. The van der Waals surface area contributed by atoms with Crippen molar-refractivity contribution in [2.45, 2.75) is 45.4 Å². The molecule has 0 spiro atoms. The third-order valence-corrected chi connectivity index (χ3v) is 4.52. The van der Waals surface area contributed by atoms with E-state index in [1.807, 2.05) is 24.3 Å². The van der Waals surface area contributed by atoms with Crippen LogP contribution in [0, 0.1) is 11.3 Å². The van der Waals surface area contributed by atoms with Crippen molar-refractivity contribution in [2.24, 2.45) is 11.3 Å². The molecule has 104 valence electrons. The molecular weight excluding hydrogens is 302 g/mol. The summed E-state index contributed by atoms with van der Waals surface area (Å²) in [5.41, 5.74) is 2.16. The predicted octanol–water partition coefficient (Wildman–Crippen LogP) is 5.21. The number of rotatable bonds is 4. The van der Waals surface area contributed by atoms with E-state index in [0.717, 1.165) is 29.8 Å². The predicted molar refractivity (Wildman–Crippen MR) is 83.7 cm³/mol. The lowest BCUT2D eigenvalue weighted by molar-refractivity contribution is 0.244. The number of hydrogen-bond donors (Lipinski definition) is 0. The van der Waals surface area contributed by atoms with E-state index in [1.54, 1.807) is 0 Å². The van der Waals surface area contributed by atoms with Gasteiger partial charge in [0.1, 0.15) is 5.52 Å². The van der Waals surface area contributed by atoms with Crippen LogP contribution in [0.5, 0.6) is 0 Å². The monoisotopic (exact) mass is 323 g/mol. The van der Waals surface area contributed by atoms with E-state index in [9.17, 15) is 0 Å². The molecule has 0 aliphatic heterocycles. The highest BCUT2D eigenvalue weighted by atomic mass is 79.9. The second-order valence-corrected chi connectivity index (χ2v) is 7.67. The van der Waals surface area contributed by atoms with Crippen LogP contribution in [-0.4, -0.2) is 9.81 Å². The molecule has 0 fully saturated rings. The Morgan fingerprint density at radius 3 is 2.58 bits per heavy atom. The van der Waals surface area contributed by atoms with E-state index in [0.29, 0.717) is 16.2 Å². The fourth-order valence-corrected chi connectivity index (χ4v) is 2.85. The van der Waals surface area contributed by atoms with Gasteiger partial charge in [-0.2, -0.15) is 0 Å². The lowest BCUT2D eigenvalue weighted by atomic mass is 9.79. The Kier molecular flexibility index (Phi) is 4.34. The SMILES string of the molecule is CC(CC(Br)Cc1nc2ccccc2o1)C(C)(C)C. The summed E-state index contributed by atoms with van der Waals surface area (Å²) in [6.07, 6.45) is 1.97. The third kappa shape index (κ3) is 3.82. The van der Waals surface area contributed by atoms with Crippen LogP contribution < -0.4 is 0 Å². The van der Waals surface area contributed by atoms with Gasteiger partial charge in [0.15, 0.2) is 11.5 Å².